The van der Waals surface area contributed by atoms with Crippen molar-refractivity contribution in [1.29, 1.82) is 0 Å². The van der Waals surface area contributed by atoms with Crippen LogP contribution in [-0.4, -0.2) is 55.1 Å². The van der Waals surface area contributed by atoms with E-state index in [9.17, 15) is 24.5 Å². The fourth-order valence-corrected chi connectivity index (χ4v) is 2.52. The van der Waals surface area contributed by atoms with Gasteiger partial charge in [-0.3, -0.25) is 24.5 Å². The van der Waals surface area contributed by atoms with E-state index in [-0.39, 0.29) is 16.7 Å². The van der Waals surface area contributed by atoms with Crippen LogP contribution in [0.5, 0.6) is 0 Å². The highest BCUT2D eigenvalue weighted by Gasteiger charge is 2.18. The Kier molecular flexibility index (Phi) is 7.50. The Morgan fingerprint density at radius 2 is 2.11 bits per heavy atom. The van der Waals surface area contributed by atoms with Crippen LogP contribution in [0, 0.1) is 10.1 Å². The molecule has 2 rings (SSSR count). The van der Waals surface area contributed by atoms with Crippen LogP contribution in [-0.2, 0) is 19.1 Å². The second kappa shape index (κ2) is 9.83. The summed E-state index contributed by atoms with van der Waals surface area (Å²) in [7, 11) is 0. The topological polar surface area (TPSA) is 137 Å². The third-order valence-corrected chi connectivity index (χ3v) is 4.03. The number of carbonyl (C=O) groups is 3. The van der Waals surface area contributed by atoms with E-state index in [0.717, 1.165) is 18.9 Å². The molecule has 0 spiro atoms. The maximum atomic E-state index is 11.9. The Morgan fingerprint density at radius 3 is 2.78 bits per heavy atom. The third kappa shape index (κ3) is 6.50. The molecule has 11 heteroatoms. The minimum absolute atomic E-state index is 0.0210. The lowest BCUT2D eigenvalue weighted by atomic mass is 10.2. The van der Waals surface area contributed by atoms with Crippen LogP contribution in [0.1, 0.15) is 23.2 Å². The molecule has 1 fully saturated rings. The lowest BCUT2D eigenvalue weighted by Crippen LogP contribution is -2.36. The van der Waals surface area contributed by atoms with Gasteiger partial charge in [-0.15, -0.1) is 0 Å². The summed E-state index contributed by atoms with van der Waals surface area (Å²) in [6, 6.07) is 3.50. The summed E-state index contributed by atoms with van der Waals surface area (Å²) in [5.74, 6) is -2.01. The smallest absolute Gasteiger partial charge is 0.325 e. The highest BCUT2D eigenvalue weighted by atomic mass is 35.5. The number of esters is 1. The fraction of sp³-hybridized carbons (Fsp3) is 0.438. The number of hydrogen-bond acceptors (Lipinski definition) is 7. The fourth-order valence-electron chi connectivity index (χ4n) is 2.33. The number of ether oxygens (including phenoxy) is 2. The molecule has 1 atom stereocenters. The summed E-state index contributed by atoms with van der Waals surface area (Å²) < 4.78 is 10.1. The Morgan fingerprint density at radius 1 is 1.33 bits per heavy atom. The summed E-state index contributed by atoms with van der Waals surface area (Å²) >= 11 is 5.67. The first-order chi connectivity index (χ1) is 12.9. The van der Waals surface area contributed by atoms with Gasteiger partial charge >= 0.3 is 5.97 Å². The van der Waals surface area contributed by atoms with Crippen molar-refractivity contribution in [3.05, 3.63) is 38.9 Å². The van der Waals surface area contributed by atoms with Gasteiger partial charge in [-0.1, -0.05) is 11.6 Å². The molecule has 2 N–H and O–H groups in total. The second-order valence-electron chi connectivity index (χ2n) is 5.71. The van der Waals surface area contributed by atoms with Gasteiger partial charge in [0.15, 0.2) is 6.61 Å². The molecule has 146 valence electrons. The van der Waals surface area contributed by atoms with E-state index in [1.54, 1.807) is 0 Å². The SMILES string of the molecule is O=C(COC(=O)CNC(=O)c1ccc(Cl)c([N+](=O)[O-])c1)NC[C@@H]1CCCO1. The molecular formula is C16H18ClN3O7. The second-order valence-corrected chi connectivity index (χ2v) is 6.11. The summed E-state index contributed by atoms with van der Waals surface area (Å²) in [5, 5.41) is 15.6. The first-order valence-electron chi connectivity index (χ1n) is 8.13. The van der Waals surface area contributed by atoms with Crippen molar-refractivity contribution in [1.82, 2.24) is 10.6 Å². The number of rotatable bonds is 8. The monoisotopic (exact) mass is 399 g/mol. The van der Waals surface area contributed by atoms with Gasteiger partial charge < -0.3 is 20.1 Å². The maximum absolute atomic E-state index is 11.9. The number of nitrogens with one attached hydrogen (secondary N) is 2. The van der Waals surface area contributed by atoms with Crippen LogP contribution in [0.25, 0.3) is 0 Å². The lowest BCUT2D eigenvalue weighted by Gasteiger charge is -2.11. The Hall–Kier alpha value is -2.72. The average Bonchev–Trinajstić information content (AvgIpc) is 3.16. The van der Waals surface area contributed by atoms with E-state index >= 15 is 0 Å². The lowest BCUT2D eigenvalue weighted by molar-refractivity contribution is -0.384. The Bertz CT molecular complexity index is 735. The standard InChI is InChI=1S/C16H18ClN3O7/c17-12-4-3-10(6-13(12)20(24)25)16(23)19-8-15(22)27-9-14(21)18-7-11-2-1-5-26-11/h3-4,6,11H,1-2,5,7-9H2,(H,18,21)(H,19,23)/t11-/m0/s1. The highest BCUT2D eigenvalue weighted by molar-refractivity contribution is 6.32. The summed E-state index contributed by atoms with van der Waals surface area (Å²) in [6.07, 6.45) is 1.80. The number of carbonyl (C=O) groups excluding carboxylic acids is 3. The zero-order valence-corrected chi connectivity index (χ0v) is 15.0. The van der Waals surface area contributed by atoms with Gasteiger partial charge in [0.05, 0.1) is 11.0 Å². The summed E-state index contributed by atoms with van der Waals surface area (Å²) in [6.45, 7) is 0.0522. The molecule has 0 aromatic heterocycles. The maximum Gasteiger partial charge on any atom is 0.325 e. The number of nitro benzene ring substituents is 1. The van der Waals surface area contributed by atoms with Gasteiger partial charge in [0.25, 0.3) is 17.5 Å². The predicted molar refractivity (Wildman–Crippen MR) is 93.4 cm³/mol. The third-order valence-electron chi connectivity index (χ3n) is 3.71. The molecular weight excluding hydrogens is 382 g/mol. The van der Waals surface area contributed by atoms with Crippen LogP contribution in [0.2, 0.25) is 5.02 Å². The Balaban J connectivity index is 1.71. The van der Waals surface area contributed by atoms with Gasteiger partial charge in [-0.2, -0.15) is 0 Å². The van der Waals surface area contributed by atoms with Crippen molar-refractivity contribution >= 4 is 35.1 Å². The van der Waals surface area contributed by atoms with Crippen molar-refractivity contribution in [3.8, 4) is 0 Å². The molecule has 1 aromatic carbocycles. The van der Waals surface area contributed by atoms with Gasteiger partial charge in [0, 0.05) is 24.8 Å². The van der Waals surface area contributed by atoms with Crippen molar-refractivity contribution in [3.63, 3.8) is 0 Å². The Labute approximate surface area is 159 Å². The van der Waals surface area contributed by atoms with Gasteiger partial charge in [0.1, 0.15) is 11.6 Å². The van der Waals surface area contributed by atoms with E-state index in [4.69, 9.17) is 21.1 Å². The molecule has 2 amide bonds. The number of benzene rings is 1. The van der Waals surface area contributed by atoms with Crippen LogP contribution in [0.4, 0.5) is 5.69 Å². The average molecular weight is 400 g/mol. The molecule has 1 saturated heterocycles. The van der Waals surface area contributed by atoms with E-state index < -0.39 is 41.5 Å². The van der Waals surface area contributed by atoms with E-state index in [2.05, 4.69) is 10.6 Å². The van der Waals surface area contributed by atoms with Crippen molar-refractivity contribution in [2.24, 2.45) is 0 Å². The van der Waals surface area contributed by atoms with Crippen LogP contribution in [0.15, 0.2) is 18.2 Å². The zero-order chi connectivity index (χ0) is 19.8. The van der Waals surface area contributed by atoms with Crippen molar-refractivity contribution in [2.75, 3.05) is 26.3 Å². The minimum atomic E-state index is -0.820. The number of hydrogen-bond donors (Lipinski definition) is 2. The van der Waals surface area contributed by atoms with Gasteiger partial charge in [-0.05, 0) is 25.0 Å². The first-order valence-corrected chi connectivity index (χ1v) is 8.50. The molecule has 0 bridgehead atoms. The van der Waals surface area contributed by atoms with Crippen molar-refractivity contribution < 1.29 is 28.8 Å². The summed E-state index contributed by atoms with van der Waals surface area (Å²) in [4.78, 5) is 45.2. The van der Waals surface area contributed by atoms with Crippen molar-refractivity contribution in [2.45, 2.75) is 18.9 Å². The minimum Gasteiger partial charge on any atom is -0.454 e. The molecule has 1 aliphatic heterocycles. The molecule has 10 nitrogen and oxygen atoms in total. The molecule has 1 aromatic rings. The highest BCUT2D eigenvalue weighted by Crippen LogP contribution is 2.24. The molecule has 0 saturated carbocycles. The molecule has 1 aliphatic rings. The first kappa shape index (κ1) is 20.6. The van der Waals surface area contributed by atoms with Crippen LogP contribution in [0.3, 0.4) is 0 Å². The molecule has 0 radical (unpaired) electrons. The number of amides is 2. The number of halogens is 1. The van der Waals surface area contributed by atoms with E-state index in [0.29, 0.717) is 13.2 Å². The van der Waals surface area contributed by atoms with Crippen LogP contribution < -0.4 is 10.6 Å². The molecule has 27 heavy (non-hydrogen) atoms. The normalized spacial score (nSPS) is 15.8. The number of nitro groups is 1. The van der Waals surface area contributed by atoms with Gasteiger partial charge in [0.2, 0.25) is 0 Å². The molecule has 1 heterocycles. The summed E-state index contributed by atoms with van der Waals surface area (Å²) in [5.41, 5.74) is -0.456. The van der Waals surface area contributed by atoms with E-state index in [1.807, 2.05) is 0 Å². The zero-order valence-electron chi connectivity index (χ0n) is 14.2. The van der Waals surface area contributed by atoms with Crippen LogP contribution >= 0.6 is 11.6 Å². The molecule has 0 aliphatic carbocycles. The number of nitrogens with zero attached hydrogens (tertiary/aromatic N) is 1. The largest absolute Gasteiger partial charge is 0.454 e. The quantitative estimate of drug-likeness (QED) is 0.375. The van der Waals surface area contributed by atoms with Gasteiger partial charge in [-0.25, -0.2) is 0 Å². The predicted octanol–water partition coefficient (Wildman–Crippen LogP) is 0.816. The van der Waals surface area contributed by atoms with E-state index in [1.165, 1.54) is 12.1 Å². The molecule has 0 unspecified atom stereocenters.